The number of carbonyl (C=O) groups excluding carboxylic acids is 1. The van der Waals surface area contributed by atoms with Gasteiger partial charge < -0.3 is 14.6 Å². The summed E-state index contributed by atoms with van der Waals surface area (Å²) >= 11 is 0. The lowest BCUT2D eigenvalue weighted by atomic mass is 10.0. The molecule has 0 amide bonds. The lowest BCUT2D eigenvalue weighted by Gasteiger charge is -2.10. The molecule has 2 rings (SSSR count). The van der Waals surface area contributed by atoms with E-state index in [2.05, 4.69) is 0 Å². The first-order valence-corrected chi connectivity index (χ1v) is 7.15. The molecule has 2 fully saturated rings. The molecule has 0 spiro atoms. The third-order valence-corrected chi connectivity index (χ3v) is 4.02. The second-order valence-electron chi connectivity index (χ2n) is 5.42. The summed E-state index contributed by atoms with van der Waals surface area (Å²) in [6, 6.07) is 0. The fourth-order valence-corrected chi connectivity index (χ4v) is 2.49. The van der Waals surface area contributed by atoms with Crippen molar-refractivity contribution in [2.75, 3.05) is 0 Å². The molecule has 2 aliphatic rings. The quantitative estimate of drug-likeness (QED) is 0.797. The van der Waals surface area contributed by atoms with E-state index in [-0.39, 0.29) is 31.5 Å². The van der Waals surface area contributed by atoms with Crippen molar-refractivity contribution in [2.24, 2.45) is 11.8 Å². The first-order valence-electron chi connectivity index (χ1n) is 7.15. The van der Waals surface area contributed by atoms with Crippen LogP contribution in [0, 0.1) is 11.8 Å². The van der Waals surface area contributed by atoms with Crippen molar-refractivity contribution in [3.63, 3.8) is 0 Å². The molecular weight excluding hydrogens is 282 g/mol. The zero-order valence-electron chi connectivity index (χ0n) is 12.4. The minimum atomic E-state index is -1.40. The Balaban J connectivity index is 0.000000364. The maximum absolute atomic E-state index is 12.8. The Morgan fingerprint density at radius 3 is 1.81 bits per heavy atom. The monoisotopic (exact) mass is 310 g/mol. The fourth-order valence-electron chi connectivity index (χ4n) is 2.49. The van der Waals surface area contributed by atoms with Crippen molar-refractivity contribution in [3.05, 3.63) is 0 Å². The van der Waals surface area contributed by atoms with E-state index in [4.69, 9.17) is 14.6 Å². The van der Waals surface area contributed by atoms with Gasteiger partial charge in [0.1, 0.15) is 6.10 Å². The van der Waals surface area contributed by atoms with Gasteiger partial charge in [0.2, 0.25) is 6.17 Å². The van der Waals surface area contributed by atoms with Gasteiger partial charge in [-0.25, -0.2) is 13.6 Å². The van der Waals surface area contributed by atoms with Crippen LogP contribution >= 0.6 is 0 Å². The summed E-state index contributed by atoms with van der Waals surface area (Å²) in [6.07, 6.45) is -2.64. The van der Waals surface area contributed by atoms with Crippen molar-refractivity contribution in [1.82, 2.24) is 0 Å². The summed E-state index contributed by atoms with van der Waals surface area (Å²) in [5, 5.41) is 8.87. The van der Waals surface area contributed by atoms with E-state index in [0.717, 1.165) is 6.42 Å². The van der Waals surface area contributed by atoms with Crippen molar-refractivity contribution in [1.29, 1.82) is 0 Å². The molecule has 0 aliphatic carbocycles. The van der Waals surface area contributed by atoms with Gasteiger partial charge in [-0.2, -0.15) is 0 Å². The van der Waals surface area contributed by atoms with Gasteiger partial charge in [0.05, 0.1) is 6.10 Å². The molecule has 0 saturated carbocycles. The Bertz CT molecular complexity index is 327. The second kappa shape index (κ2) is 8.63. The Hall–Kier alpha value is -0.750. The number of halogens is 2. The molecule has 0 bridgehead atoms. The Morgan fingerprint density at radius 1 is 1.10 bits per heavy atom. The Morgan fingerprint density at radius 2 is 1.62 bits per heavy atom. The zero-order valence-corrected chi connectivity index (χ0v) is 12.4. The van der Waals surface area contributed by atoms with Crippen LogP contribution in [0.15, 0.2) is 0 Å². The molecule has 7 atom stereocenters. The number of hydrogen-bond donors (Lipinski definition) is 1. The number of rotatable bonds is 2. The van der Waals surface area contributed by atoms with E-state index in [1.54, 1.807) is 13.8 Å². The molecule has 0 radical (unpaired) electrons. The molecule has 2 saturated heterocycles. The molecule has 0 aromatic heterocycles. The number of ether oxygens (including phenoxy) is 2. The minimum absolute atomic E-state index is 0. The third-order valence-electron chi connectivity index (χ3n) is 4.02. The average Bonchev–Trinajstić information content (AvgIpc) is 2.84. The average molecular weight is 310 g/mol. The first-order chi connectivity index (χ1) is 9.33. The number of hydrogen-bond acceptors (Lipinski definition) is 4. The maximum Gasteiger partial charge on any atom is 0.341 e. The van der Waals surface area contributed by atoms with E-state index in [0.29, 0.717) is 6.42 Å². The van der Waals surface area contributed by atoms with Gasteiger partial charge >= 0.3 is 5.97 Å². The minimum Gasteiger partial charge on any atom is -0.460 e. The van der Waals surface area contributed by atoms with Crippen LogP contribution in [0.2, 0.25) is 0 Å². The molecule has 126 valence electrons. The van der Waals surface area contributed by atoms with E-state index in [1.165, 1.54) is 0 Å². The van der Waals surface area contributed by atoms with Crippen molar-refractivity contribution < 1.29 is 28.2 Å². The molecule has 2 heterocycles. The number of cyclic esters (lactones) is 1. The predicted molar refractivity (Wildman–Crippen MR) is 76.2 cm³/mol. The molecule has 1 N–H and O–H groups in total. The number of alkyl halides is 2. The van der Waals surface area contributed by atoms with Gasteiger partial charge in [-0.15, -0.1) is 0 Å². The standard InChI is InChI=1S/C7H13FO2.C7H11FO2.CH4/c2*1-3-5-4(2)6(8)7(9)10-5;/h4-7,9H,3H2,1-2H3;4-6H,3H2,1-2H3;1H4/t4-,5-,6-,7?;4-,5-,6-;/m11./s1. The molecular formula is C15H28F2O4. The number of aliphatic hydroxyl groups excluding tert-OH is 1. The van der Waals surface area contributed by atoms with E-state index < -0.39 is 24.6 Å². The summed E-state index contributed by atoms with van der Waals surface area (Å²) in [5.74, 6) is -1.13. The van der Waals surface area contributed by atoms with Crippen LogP contribution in [-0.4, -0.2) is 41.9 Å². The molecule has 0 aromatic carbocycles. The smallest absolute Gasteiger partial charge is 0.341 e. The number of esters is 1. The highest BCUT2D eigenvalue weighted by Crippen LogP contribution is 2.29. The van der Waals surface area contributed by atoms with E-state index in [9.17, 15) is 13.6 Å². The van der Waals surface area contributed by atoms with Gasteiger partial charge in [0, 0.05) is 11.8 Å². The van der Waals surface area contributed by atoms with Gasteiger partial charge in [0.25, 0.3) is 0 Å². The summed E-state index contributed by atoms with van der Waals surface area (Å²) in [5.41, 5.74) is 0. The molecule has 0 aromatic rings. The SMILES string of the molecule is C.CC[C@H]1OC(=O)[C@H](F)[C@@H]1C.CC[C@H]1OC(O)[C@H](F)[C@@H]1C. The zero-order chi connectivity index (χ0) is 15.4. The lowest BCUT2D eigenvalue weighted by molar-refractivity contribution is -0.145. The number of carbonyl (C=O) groups is 1. The Labute approximate surface area is 125 Å². The molecule has 21 heavy (non-hydrogen) atoms. The van der Waals surface area contributed by atoms with Gasteiger partial charge in [-0.05, 0) is 12.8 Å². The highest BCUT2D eigenvalue weighted by Gasteiger charge is 2.41. The highest BCUT2D eigenvalue weighted by molar-refractivity contribution is 5.77. The molecule has 1 unspecified atom stereocenters. The maximum atomic E-state index is 12.8. The third kappa shape index (κ3) is 4.61. The second-order valence-corrected chi connectivity index (χ2v) is 5.42. The van der Waals surface area contributed by atoms with Crippen LogP contribution in [0.25, 0.3) is 0 Å². The molecule has 6 heteroatoms. The van der Waals surface area contributed by atoms with Crippen molar-refractivity contribution >= 4 is 5.97 Å². The molecule has 2 aliphatic heterocycles. The van der Waals surface area contributed by atoms with Crippen LogP contribution < -0.4 is 0 Å². The topological polar surface area (TPSA) is 55.8 Å². The van der Waals surface area contributed by atoms with Crippen LogP contribution in [0.3, 0.4) is 0 Å². The van der Waals surface area contributed by atoms with Crippen LogP contribution in [0.5, 0.6) is 0 Å². The van der Waals surface area contributed by atoms with Crippen molar-refractivity contribution in [2.45, 2.75) is 78.8 Å². The number of aliphatic hydroxyl groups is 1. The lowest BCUT2D eigenvalue weighted by Crippen LogP contribution is -2.20. The van der Waals surface area contributed by atoms with Crippen LogP contribution in [0.1, 0.15) is 48.0 Å². The van der Waals surface area contributed by atoms with Crippen LogP contribution in [0.4, 0.5) is 8.78 Å². The van der Waals surface area contributed by atoms with E-state index in [1.807, 2.05) is 13.8 Å². The van der Waals surface area contributed by atoms with Gasteiger partial charge in [-0.3, -0.25) is 0 Å². The van der Waals surface area contributed by atoms with Gasteiger partial charge in [0.15, 0.2) is 12.5 Å². The summed E-state index contributed by atoms with van der Waals surface area (Å²) < 4.78 is 35.1. The largest absolute Gasteiger partial charge is 0.460 e. The van der Waals surface area contributed by atoms with Gasteiger partial charge in [-0.1, -0.05) is 35.1 Å². The predicted octanol–water partition coefficient (Wildman–Crippen LogP) is 3.02. The first kappa shape index (κ1) is 20.2. The summed E-state index contributed by atoms with van der Waals surface area (Å²) in [6.45, 7) is 7.26. The highest BCUT2D eigenvalue weighted by atomic mass is 19.1. The summed E-state index contributed by atoms with van der Waals surface area (Å²) in [4.78, 5) is 10.6. The molecule has 4 nitrogen and oxygen atoms in total. The normalized spacial score (nSPS) is 41.9. The Kier molecular flexibility index (Phi) is 8.33. The summed E-state index contributed by atoms with van der Waals surface area (Å²) in [7, 11) is 0. The fraction of sp³-hybridized carbons (Fsp3) is 0.933. The van der Waals surface area contributed by atoms with Crippen molar-refractivity contribution in [3.8, 4) is 0 Å². The van der Waals surface area contributed by atoms with E-state index >= 15 is 0 Å². The van der Waals surface area contributed by atoms with Crippen LogP contribution in [-0.2, 0) is 14.3 Å².